The van der Waals surface area contributed by atoms with Crippen molar-refractivity contribution < 1.29 is 4.79 Å². The van der Waals surface area contributed by atoms with E-state index in [9.17, 15) is 4.79 Å². The van der Waals surface area contributed by atoms with Crippen LogP contribution in [0.5, 0.6) is 0 Å². The Hall–Kier alpha value is -0.570. The highest BCUT2D eigenvalue weighted by Gasteiger charge is 2.59. The van der Waals surface area contributed by atoms with Gasteiger partial charge in [0.05, 0.1) is 0 Å². The molecule has 1 saturated heterocycles. The van der Waals surface area contributed by atoms with E-state index in [1.807, 2.05) is 0 Å². The predicted octanol–water partition coefficient (Wildman–Crippen LogP) is 3.08. The van der Waals surface area contributed by atoms with Gasteiger partial charge < -0.3 is 11.1 Å². The molecule has 1 amide bonds. The maximum absolute atomic E-state index is 11.8. The van der Waals surface area contributed by atoms with Crippen LogP contribution >= 0.6 is 0 Å². The van der Waals surface area contributed by atoms with Crippen molar-refractivity contribution in [2.24, 2.45) is 40.2 Å². The van der Waals surface area contributed by atoms with Gasteiger partial charge in [-0.25, -0.2) is 0 Å². The number of hydrogen-bond donors (Lipinski definition) is 2. The molecule has 124 valence electrons. The van der Waals surface area contributed by atoms with Gasteiger partial charge in [-0.05, 0) is 86.0 Å². The molecule has 3 saturated carbocycles. The summed E-state index contributed by atoms with van der Waals surface area (Å²) in [5.74, 6) is 3.61. The molecular weight excluding hydrogens is 272 g/mol. The molecule has 22 heavy (non-hydrogen) atoms. The summed E-state index contributed by atoms with van der Waals surface area (Å²) in [4.78, 5) is 11.8. The second-order valence-electron chi connectivity index (χ2n) is 9.13. The molecule has 7 atom stereocenters. The maximum atomic E-state index is 11.8. The van der Waals surface area contributed by atoms with Crippen molar-refractivity contribution >= 4 is 5.91 Å². The lowest BCUT2D eigenvalue weighted by atomic mass is 9.47. The molecule has 4 fully saturated rings. The Labute approximate surface area is 134 Å². The Balaban J connectivity index is 1.62. The van der Waals surface area contributed by atoms with Gasteiger partial charge in [0.1, 0.15) is 0 Å². The van der Waals surface area contributed by atoms with Crippen molar-refractivity contribution in [2.45, 2.75) is 71.3 Å². The minimum absolute atomic E-state index is 0.283. The number of carbonyl (C=O) groups excluding carboxylic acids is 1. The Kier molecular flexibility index (Phi) is 3.38. The molecule has 0 aromatic carbocycles. The minimum Gasteiger partial charge on any atom is -0.353 e. The van der Waals surface area contributed by atoms with Crippen LogP contribution < -0.4 is 11.1 Å². The molecule has 0 radical (unpaired) electrons. The smallest absolute Gasteiger partial charge is 0.220 e. The first-order valence-corrected chi connectivity index (χ1v) is 9.48. The fourth-order valence-corrected chi connectivity index (χ4v) is 7.20. The SMILES string of the molecule is C[C@]12CCC(=O)NC1CC[C@@H]1[C@H]2CC[C@]2(C)C(CN)CC[C@@H]12. The molecule has 0 spiro atoms. The highest BCUT2D eigenvalue weighted by Crippen LogP contribution is 2.65. The molecule has 3 aliphatic carbocycles. The van der Waals surface area contributed by atoms with Crippen molar-refractivity contribution in [3.05, 3.63) is 0 Å². The van der Waals surface area contributed by atoms with Gasteiger partial charge in [0.25, 0.3) is 0 Å². The summed E-state index contributed by atoms with van der Waals surface area (Å²) in [7, 11) is 0. The van der Waals surface area contributed by atoms with Crippen molar-refractivity contribution in [1.29, 1.82) is 0 Å². The average molecular weight is 304 g/mol. The first-order valence-electron chi connectivity index (χ1n) is 9.48. The van der Waals surface area contributed by atoms with Crippen molar-refractivity contribution in [2.75, 3.05) is 6.54 Å². The largest absolute Gasteiger partial charge is 0.353 e. The molecule has 0 aromatic rings. The van der Waals surface area contributed by atoms with Gasteiger partial charge in [0.15, 0.2) is 0 Å². The molecule has 4 aliphatic rings. The summed E-state index contributed by atoms with van der Waals surface area (Å²) in [6.45, 7) is 5.89. The van der Waals surface area contributed by atoms with E-state index in [4.69, 9.17) is 5.73 Å². The van der Waals surface area contributed by atoms with E-state index < -0.39 is 0 Å². The number of carbonyl (C=O) groups is 1. The third kappa shape index (κ3) is 1.87. The number of piperidine rings is 1. The molecule has 1 heterocycles. The van der Waals surface area contributed by atoms with Gasteiger partial charge in [-0.15, -0.1) is 0 Å². The van der Waals surface area contributed by atoms with Crippen molar-refractivity contribution in [3.8, 4) is 0 Å². The lowest BCUT2D eigenvalue weighted by molar-refractivity contribution is -0.136. The van der Waals surface area contributed by atoms with E-state index in [2.05, 4.69) is 19.2 Å². The molecule has 2 unspecified atom stereocenters. The Bertz CT molecular complexity index is 478. The average Bonchev–Trinajstić information content (AvgIpc) is 2.84. The fraction of sp³-hybridized carbons (Fsp3) is 0.947. The van der Waals surface area contributed by atoms with E-state index in [1.165, 1.54) is 38.5 Å². The van der Waals surface area contributed by atoms with Gasteiger partial charge >= 0.3 is 0 Å². The van der Waals surface area contributed by atoms with Crippen LogP contribution in [0, 0.1) is 34.5 Å². The molecule has 3 N–H and O–H groups in total. The molecule has 4 rings (SSSR count). The Morgan fingerprint density at radius 1 is 1.05 bits per heavy atom. The normalized spacial score (nSPS) is 54.1. The zero-order valence-electron chi connectivity index (χ0n) is 14.2. The van der Waals surface area contributed by atoms with E-state index in [0.717, 1.165) is 43.1 Å². The number of nitrogens with two attached hydrogens (primary N) is 1. The predicted molar refractivity (Wildman–Crippen MR) is 88.1 cm³/mol. The second-order valence-corrected chi connectivity index (χ2v) is 9.13. The van der Waals surface area contributed by atoms with Crippen LogP contribution in [0.15, 0.2) is 0 Å². The lowest BCUT2D eigenvalue weighted by Crippen LogP contribution is -2.61. The number of nitrogens with one attached hydrogen (secondary N) is 1. The monoisotopic (exact) mass is 304 g/mol. The van der Waals surface area contributed by atoms with E-state index in [0.29, 0.717) is 16.9 Å². The second kappa shape index (κ2) is 4.96. The van der Waals surface area contributed by atoms with E-state index in [1.54, 1.807) is 0 Å². The third-order valence-electron chi connectivity index (χ3n) is 8.58. The molecule has 3 heteroatoms. The first kappa shape index (κ1) is 15.0. The summed E-state index contributed by atoms with van der Waals surface area (Å²) in [5, 5.41) is 3.32. The van der Waals surface area contributed by atoms with Crippen LogP contribution in [-0.4, -0.2) is 18.5 Å². The van der Waals surface area contributed by atoms with Gasteiger partial charge in [0, 0.05) is 12.5 Å². The first-order chi connectivity index (χ1) is 10.5. The standard InChI is InChI=1S/C19H32N2O/c1-18-9-7-15-13(14(18)5-3-12(18)11-20)4-6-16-19(15,2)10-8-17(22)21-16/h12-16H,3-11,20H2,1-2H3,(H,21,22)/t12?,13-,14-,15+,16?,18+,19+/m0/s1. The maximum Gasteiger partial charge on any atom is 0.220 e. The van der Waals surface area contributed by atoms with E-state index in [-0.39, 0.29) is 5.91 Å². The molecular formula is C19H32N2O. The Morgan fingerprint density at radius 3 is 2.59 bits per heavy atom. The highest BCUT2D eigenvalue weighted by molar-refractivity contribution is 5.77. The fourth-order valence-electron chi connectivity index (χ4n) is 7.20. The van der Waals surface area contributed by atoms with Crippen LogP contribution in [0.3, 0.4) is 0 Å². The van der Waals surface area contributed by atoms with Gasteiger partial charge in [-0.3, -0.25) is 4.79 Å². The van der Waals surface area contributed by atoms with Gasteiger partial charge in [-0.2, -0.15) is 0 Å². The zero-order valence-corrected chi connectivity index (χ0v) is 14.2. The van der Waals surface area contributed by atoms with Crippen molar-refractivity contribution in [3.63, 3.8) is 0 Å². The Morgan fingerprint density at radius 2 is 1.82 bits per heavy atom. The summed E-state index contributed by atoms with van der Waals surface area (Å²) in [5.41, 5.74) is 6.94. The van der Waals surface area contributed by atoms with E-state index >= 15 is 0 Å². The summed E-state index contributed by atoms with van der Waals surface area (Å²) < 4.78 is 0. The number of amides is 1. The quantitative estimate of drug-likeness (QED) is 0.782. The van der Waals surface area contributed by atoms with Crippen LogP contribution in [0.25, 0.3) is 0 Å². The van der Waals surface area contributed by atoms with Crippen LogP contribution in [-0.2, 0) is 4.79 Å². The summed E-state index contributed by atoms with van der Waals surface area (Å²) in [6.07, 6.45) is 9.82. The minimum atomic E-state index is 0.283. The van der Waals surface area contributed by atoms with Crippen LogP contribution in [0.1, 0.15) is 65.2 Å². The third-order valence-corrected chi connectivity index (χ3v) is 8.58. The highest BCUT2D eigenvalue weighted by atomic mass is 16.1. The molecule has 3 nitrogen and oxygen atoms in total. The summed E-state index contributed by atoms with van der Waals surface area (Å²) in [6, 6.07) is 0.436. The number of hydrogen-bond acceptors (Lipinski definition) is 2. The molecule has 1 aliphatic heterocycles. The van der Waals surface area contributed by atoms with Crippen LogP contribution in [0.4, 0.5) is 0 Å². The van der Waals surface area contributed by atoms with Gasteiger partial charge in [-0.1, -0.05) is 13.8 Å². The lowest BCUT2D eigenvalue weighted by Gasteiger charge is -2.60. The topological polar surface area (TPSA) is 55.1 Å². The molecule has 0 aromatic heterocycles. The number of rotatable bonds is 1. The summed E-state index contributed by atoms with van der Waals surface area (Å²) >= 11 is 0. The number of fused-ring (bicyclic) bond motifs is 5. The van der Waals surface area contributed by atoms with Gasteiger partial charge in [0.2, 0.25) is 5.91 Å². The van der Waals surface area contributed by atoms with Crippen LogP contribution in [0.2, 0.25) is 0 Å². The zero-order chi connectivity index (χ0) is 15.5. The molecule has 0 bridgehead atoms. The van der Waals surface area contributed by atoms with Crippen molar-refractivity contribution in [1.82, 2.24) is 5.32 Å².